The van der Waals surface area contributed by atoms with E-state index in [4.69, 9.17) is 0 Å². The van der Waals surface area contributed by atoms with Gasteiger partial charge in [-0.25, -0.2) is 0 Å². The van der Waals surface area contributed by atoms with Gasteiger partial charge < -0.3 is 4.98 Å². The minimum atomic E-state index is -1.23. The van der Waals surface area contributed by atoms with Gasteiger partial charge >= 0.3 is 0 Å². The summed E-state index contributed by atoms with van der Waals surface area (Å²) in [6, 6.07) is 3.51. The van der Waals surface area contributed by atoms with Gasteiger partial charge in [0.2, 0.25) is 5.56 Å². The lowest BCUT2D eigenvalue weighted by atomic mass is 10.5. The van der Waals surface area contributed by atoms with Crippen molar-refractivity contribution in [2.75, 3.05) is 0 Å². The zero-order chi connectivity index (χ0) is 8.48. The van der Waals surface area contributed by atoms with Crippen LogP contribution in [-0.4, -0.2) is 13.1 Å². The molecule has 0 radical (unpaired) electrons. The van der Waals surface area contributed by atoms with Crippen molar-refractivity contribution in [3.05, 3.63) is 28.7 Å². The van der Waals surface area contributed by atoms with Gasteiger partial charge in [-0.3, -0.25) is 4.79 Å². The van der Waals surface area contributed by atoms with Crippen LogP contribution in [0.15, 0.2) is 23.1 Å². The summed E-state index contributed by atoms with van der Waals surface area (Å²) in [6.45, 7) is 6.75. The first-order chi connectivity index (χ1) is 5.00. The molecule has 11 heavy (non-hydrogen) atoms. The summed E-state index contributed by atoms with van der Waals surface area (Å²) in [4.78, 5) is 13.4. The third-order valence-corrected chi connectivity index (χ3v) is 3.69. The van der Waals surface area contributed by atoms with E-state index in [-0.39, 0.29) is 5.56 Å². The zero-order valence-electron chi connectivity index (χ0n) is 7.14. The van der Waals surface area contributed by atoms with Gasteiger partial charge in [0.15, 0.2) is 0 Å². The Hall–Kier alpha value is -0.833. The third-order valence-electron chi connectivity index (χ3n) is 1.65. The maximum Gasteiger partial charge on any atom is 0.247 e. The predicted octanol–water partition coefficient (Wildman–Crippen LogP) is 0.920. The van der Waals surface area contributed by atoms with Gasteiger partial charge in [0.05, 0.1) is 8.07 Å². The second-order valence-corrected chi connectivity index (χ2v) is 8.77. The van der Waals surface area contributed by atoms with Crippen LogP contribution >= 0.6 is 0 Å². The summed E-state index contributed by atoms with van der Waals surface area (Å²) in [5.74, 6) is 0. The number of aromatic nitrogens is 1. The molecule has 0 spiro atoms. The molecule has 0 aromatic carbocycles. The maximum atomic E-state index is 10.7. The third kappa shape index (κ3) is 2.05. The molecule has 0 fully saturated rings. The number of pyridine rings is 1. The summed E-state index contributed by atoms with van der Waals surface area (Å²) in [6.07, 6.45) is 1.83. The van der Waals surface area contributed by atoms with E-state index >= 15 is 0 Å². The average molecular weight is 167 g/mol. The summed E-state index contributed by atoms with van der Waals surface area (Å²) in [5, 5.41) is 1.29. The lowest BCUT2D eigenvalue weighted by Crippen LogP contribution is -2.38. The van der Waals surface area contributed by atoms with Crippen LogP contribution in [-0.2, 0) is 0 Å². The summed E-state index contributed by atoms with van der Waals surface area (Å²) in [7, 11) is -1.23. The van der Waals surface area contributed by atoms with Crippen molar-refractivity contribution in [2.24, 2.45) is 0 Å². The van der Waals surface area contributed by atoms with E-state index in [1.807, 2.05) is 12.3 Å². The molecule has 0 bridgehead atoms. The monoisotopic (exact) mass is 167 g/mol. The minimum absolute atomic E-state index is 0.0213. The van der Waals surface area contributed by atoms with Gasteiger partial charge in [-0.15, -0.1) is 0 Å². The van der Waals surface area contributed by atoms with Gasteiger partial charge in [-0.1, -0.05) is 25.7 Å². The molecule has 1 heterocycles. The average Bonchev–Trinajstić information content (AvgIpc) is 1.86. The van der Waals surface area contributed by atoms with E-state index in [0.29, 0.717) is 0 Å². The fourth-order valence-electron chi connectivity index (χ4n) is 0.877. The molecule has 2 nitrogen and oxygen atoms in total. The topological polar surface area (TPSA) is 32.9 Å². The molecule has 1 aromatic rings. The highest BCUT2D eigenvalue weighted by Crippen LogP contribution is 1.98. The standard InChI is InChI=1S/C8H13NOSi/c1-11(2,3)7-4-5-8(10)9-6-7/h4-6H,1-3H3,(H,9,10). The van der Waals surface area contributed by atoms with Crippen LogP contribution in [0.3, 0.4) is 0 Å². The van der Waals surface area contributed by atoms with Crippen LogP contribution in [0.4, 0.5) is 0 Å². The molecule has 0 atom stereocenters. The molecule has 60 valence electrons. The zero-order valence-corrected chi connectivity index (χ0v) is 8.14. The highest BCUT2D eigenvalue weighted by Gasteiger charge is 2.15. The highest BCUT2D eigenvalue weighted by atomic mass is 28.3. The Balaban J connectivity index is 3.09. The van der Waals surface area contributed by atoms with Crippen molar-refractivity contribution < 1.29 is 0 Å². The molecule has 1 aromatic heterocycles. The number of hydrogen-bond acceptors (Lipinski definition) is 1. The second kappa shape index (κ2) is 2.66. The first kappa shape index (κ1) is 8.27. The lowest BCUT2D eigenvalue weighted by molar-refractivity contribution is 1.25. The highest BCUT2D eigenvalue weighted by molar-refractivity contribution is 6.88. The summed E-state index contributed by atoms with van der Waals surface area (Å²) in [5.41, 5.74) is -0.0213. The van der Waals surface area contributed by atoms with E-state index in [1.54, 1.807) is 6.07 Å². The normalized spacial score (nSPS) is 11.5. The SMILES string of the molecule is C[Si](C)(C)c1ccc(=O)[nH]c1. The van der Waals surface area contributed by atoms with Crippen LogP contribution in [0.1, 0.15) is 0 Å². The Labute approximate surface area is 67.3 Å². The van der Waals surface area contributed by atoms with Crippen LogP contribution < -0.4 is 10.7 Å². The Kier molecular flexibility index (Phi) is 2.00. The van der Waals surface area contributed by atoms with Gasteiger partial charge in [-0.05, 0) is 5.19 Å². The Bertz CT molecular complexity index is 277. The van der Waals surface area contributed by atoms with Crippen LogP contribution in [0.25, 0.3) is 0 Å². The quantitative estimate of drug-likeness (QED) is 0.620. The molecule has 1 N–H and O–H groups in total. The molecule has 0 aliphatic carbocycles. The fraction of sp³-hybridized carbons (Fsp3) is 0.375. The number of aromatic amines is 1. The molecule has 0 aliphatic rings. The predicted molar refractivity (Wildman–Crippen MR) is 50.0 cm³/mol. The Morgan fingerprint density at radius 1 is 1.27 bits per heavy atom. The van der Waals surface area contributed by atoms with Crippen molar-refractivity contribution in [1.82, 2.24) is 4.98 Å². The number of rotatable bonds is 1. The van der Waals surface area contributed by atoms with Crippen LogP contribution in [0.2, 0.25) is 19.6 Å². The molecule has 0 amide bonds. The molecule has 0 saturated carbocycles. The molecule has 1 rings (SSSR count). The number of hydrogen-bond donors (Lipinski definition) is 1. The second-order valence-electron chi connectivity index (χ2n) is 3.69. The number of H-pyrrole nitrogens is 1. The fourth-order valence-corrected chi connectivity index (χ4v) is 1.97. The minimum Gasteiger partial charge on any atom is -0.329 e. The van der Waals surface area contributed by atoms with Gasteiger partial charge in [-0.2, -0.15) is 0 Å². The molecule has 0 saturated heterocycles. The van der Waals surface area contributed by atoms with Crippen molar-refractivity contribution in [1.29, 1.82) is 0 Å². The molecule has 0 aliphatic heterocycles. The van der Waals surface area contributed by atoms with Crippen LogP contribution in [0.5, 0.6) is 0 Å². The van der Waals surface area contributed by atoms with Gasteiger partial charge in [0, 0.05) is 12.3 Å². The van der Waals surface area contributed by atoms with Crippen molar-refractivity contribution in [3.8, 4) is 0 Å². The van der Waals surface area contributed by atoms with E-state index in [9.17, 15) is 4.79 Å². The summed E-state index contributed by atoms with van der Waals surface area (Å²) >= 11 is 0. The van der Waals surface area contributed by atoms with Crippen LogP contribution in [0, 0.1) is 0 Å². The molecular formula is C8H13NOSi. The Morgan fingerprint density at radius 3 is 2.27 bits per heavy atom. The largest absolute Gasteiger partial charge is 0.329 e. The maximum absolute atomic E-state index is 10.7. The van der Waals surface area contributed by atoms with E-state index < -0.39 is 8.07 Å². The van der Waals surface area contributed by atoms with E-state index in [2.05, 4.69) is 24.6 Å². The molecule has 3 heteroatoms. The summed E-state index contributed by atoms with van der Waals surface area (Å²) < 4.78 is 0. The smallest absolute Gasteiger partial charge is 0.247 e. The van der Waals surface area contributed by atoms with Crippen molar-refractivity contribution in [2.45, 2.75) is 19.6 Å². The van der Waals surface area contributed by atoms with E-state index in [0.717, 1.165) is 0 Å². The van der Waals surface area contributed by atoms with Crippen molar-refractivity contribution >= 4 is 13.3 Å². The van der Waals surface area contributed by atoms with E-state index in [1.165, 1.54) is 5.19 Å². The number of nitrogens with one attached hydrogen (secondary N) is 1. The van der Waals surface area contributed by atoms with Crippen molar-refractivity contribution in [3.63, 3.8) is 0 Å². The molecular weight excluding hydrogens is 154 g/mol. The van der Waals surface area contributed by atoms with Gasteiger partial charge in [0.25, 0.3) is 0 Å². The molecule has 0 unspecified atom stereocenters. The first-order valence-corrected chi connectivity index (χ1v) is 7.19. The van der Waals surface area contributed by atoms with Gasteiger partial charge in [0.1, 0.15) is 0 Å². The first-order valence-electron chi connectivity index (χ1n) is 3.69. The lowest BCUT2D eigenvalue weighted by Gasteiger charge is -2.14. The Morgan fingerprint density at radius 2 is 1.91 bits per heavy atom.